The Morgan fingerprint density at radius 2 is 2.00 bits per heavy atom. The van der Waals surface area contributed by atoms with Crippen molar-refractivity contribution in [2.24, 2.45) is 0 Å². The Balaban J connectivity index is 1.80. The first kappa shape index (κ1) is 13.0. The number of H-pyrrole nitrogens is 1. The van der Waals surface area contributed by atoms with E-state index in [2.05, 4.69) is 9.97 Å². The zero-order chi connectivity index (χ0) is 14.9. The summed E-state index contributed by atoms with van der Waals surface area (Å²) in [6.45, 7) is 0. The third-order valence-corrected chi connectivity index (χ3v) is 4.37. The average molecular weight is 308 g/mol. The van der Waals surface area contributed by atoms with Crippen molar-refractivity contribution in [1.29, 1.82) is 0 Å². The van der Waals surface area contributed by atoms with Crippen LogP contribution in [0.1, 0.15) is 11.4 Å². The summed E-state index contributed by atoms with van der Waals surface area (Å²) in [7, 11) is 0. The van der Waals surface area contributed by atoms with Crippen LogP contribution in [0.15, 0.2) is 63.3 Å². The number of fused-ring (bicyclic) bond motifs is 1. The molecule has 0 aliphatic heterocycles. The normalized spacial score (nSPS) is 11.1. The SMILES string of the molecule is O=c1[nH]c(Cc2ccccc2)nc2scc(-c3ccco3)c12. The van der Waals surface area contributed by atoms with Crippen molar-refractivity contribution in [2.75, 3.05) is 0 Å². The van der Waals surface area contributed by atoms with Crippen molar-refractivity contribution in [2.45, 2.75) is 6.42 Å². The van der Waals surface area contributed by atoms with Crippen molar-refractivity contribution in [3.8, 4) is 11.3 Å². The van der Waals surface area contributed by atoms with E-state index in [1.165, 1.54) is 11.3 Å². The molecule has 0 saturated heterocycles. The summed E-state index contributed by atoms with van der Waals surface area (Å²) in [6, 6.07) is 13.6. The molecule has 3 aromatic heterocycles. The Bertz CT molecular complexity index is 969. The van der Waals surface area contributed by atoms with Gasteiger partial charge in [0.2, 0.25) is 0 Å². The van der Waals surface area contributed by atoms with Crippen LogP contribution in [0.4, 0.5) is 0 Å². The predicted octanol–water partition coefficient (Wildman–Crippen LogP) is 3.84. The van der Waals surface area contributed by atoms with Gasteiger partial charge in [-0.15, -0.1) is 11.3 Å². The van der Waals surface area contributed by atoms with Gasteiger partial charge >= 0.3 is 0 Å². The maximum atomic E-state index is 12.4. The number of hydrogen-bond acceptors (Lipinski definition) is 4. The number of nitrogens with zero attached hydrogens (tertiary/aromatic N) is 1. The van der Waals surface area contributed by atoms with Crippen LogP contribution in [0.25, 0.3) is 21.5 Å². The molecule has 0 amide bonds. The van der Waals surface area contributed by atoms with E-state index in [4.69, 9.17) is 4.42 Å². The monoisotopic (exact) mass is 308 g/mol. The quantitative estimate of drug-likeness (QED) is 0.625. The van der Waals surface area contributed by atoms with E-state index in [1.807, 2.05) is 47.8 Å². The molecule has 0 bridgehead atoms. The van der Waals surface area contributed by atoms with Crippen LogP contribution in [-0.4, -0.2) is 9.97 Å². The standard InChI is InChI=1S/C17H12N2O2S/c20-16-15-12(13-7-4-8-21-13)10-22-17(15)19-14(18-16)9-11-5-2-1-3-6-11/h1-8,10H,9H2,(H,18,19,20). The van der Waals surface area contributed by atoms with E-state index in [-0.39, 0.29) is 5.56 Å². The van der Waals surface area contributed by atoms with Gasteiger partial charge in [0.25, 0.3) is 5.56 Å². The van der Waals surface area contributed by atoms with E-state index in [1.54, 1.807) is 6.26 Å². The molecule has 0 aliphatic carbocycles. The average Bonchev–Trinajstić information content (AvgIpc) is 3.16. The van der Waals surface area contributed by atoms with Gasteiger partial charge in [-0.3, -0.25) is 4.79 Å². The highest BCUT2D eigenvalue weighted by Gasteiger charge is 2.14. The van der Waals surface area contributed by atoms with Gasteiger partial charge in [0, 0.05) is 17.4 Å². The van der Waals surface area contributed by atoms with Crippen molar-refractivity contribution >= 4 is 21.6 Å². The van der Waals surface area contributed by atoms with E-state index < -0.39 is 0 Å². The second kappa shape index (κ2) is 5.27. The van der Waals surface area contributed by atoms with Gasteiger partial charge < -0.3 is 9.40 Å². The summed E-state index contributed by atoms with van der Waals surface area (Å²) in [6.07, 6.45) is 2.21. The lowest BCUT2D eigenvalue weighted by Gasteiger charge is -2.01. The van der Waals surface area contributed by atoms with Gasteiger partial charge in [-0.25, -0.2) is 4.98 Å². The molecular formula is C17H12N2O2S. The molecule has 4 aromatic rings. The van der Waals surface area contributed by atoms with Gasteiger partial charge in [-0.05, 0) is 17.7 Å². The molecule has 1 N–H and O–H groups in total. The van der Waals surface area contributed by atoms with Crippen LogP contribution >= 0.6 is 11.3 Å². The third-order valence-electron chi connectivity index (χ3n) is 3.49. The Morgan fingerprint density at radius 3 is 2.77 bits per heavy atom. The molecule has 4 rings (SSSR count). The topological polar surface area (TPSA) is 58.9 Å². The summed E-state index contributed by atoms with van der Waals surface area (Å²) in [5.41, 5.74) is 1.79. The first-order valence-electron chi connectivity index (χ1n) is 6.89. The lowest BCUT2D eigenvalue weighted by atomic mass is 10.1. The second-order valence-electron chi connectivity index (χ2n) is 4.98. The van der Waals surface area contributed by atoms with Crippen molar-refractivity contribution in [3.63, 3.8) is 0 Å². The van der Waals surface area contributed by atoms with Gasteiger partial charge in [0.1, 0.15) is 16.4 Å². The largest absolute Gasteiger partial charge is 0.464 e. The molecule has 22 heavy (non-hydrogen) atoms. The fraction of sp³-hybridized carbons (Fsp3) is 0.0588. The fourth-order valence-corrected chi connectivity index (χ4v) is 3.43. The molecule has 3 heterocycles. The van der Waals surface area contributed by atoms with Crippen molar-refractivity contribution in [3.05, 3.63) is 75.8 Å². The molecule has 0 radical (unpaired) electrons. The van der Waals surface area contributed by atoms with E-state index in [0.29, 0.717) is 23.4 Å². The van der Waals surface area contributed by atoms with Crippen LogP contribution < -0.4 is 5.56 Å². The lowest BCUT2D eigenvalue weighted by Crippen LogP contribution is -2.11. The van der Waals surface area contributed by atoms with Crippen LogP contribution in [0.3, 0.4) is 0 Å². The zero-order valence-corrected chi connectivity index (χ0v) is 12.4. The number of thiophene rings is 1. The summed E-state index contributed by atoms with van der Waals surface area (Å²) in [4.78, 5) is 20.6. The molecule has 1 aromatic carbocycles. The zero-order valence-electron chi connectivity index (χ0n) is 11.6. The Labute approximate surface area is 130 Å². The molecule has 0 aliphatic rings. The fourth-order valence-electron chi connectivity index (χ4n) is 2.48. The van der Waals surface area contributed by atoms with Gasteiger partial charge in [-0.2, -0.15) is 0 Å². The van der Waals surface area contributed by atoms with Gasteiger partial charge in [-0.1, -0.05) is 30.3 Å². The number of aromatic amines is 1. The number of nitrogens with one attached hydrogen (secondary N) is 1. The Morgan fingerprint density at radius 1 is 1.14 bits per heavy atom. The second-order valence-corrected chi connectivity index (χ2v) is 5.84. The lowest BCUT2D eigenvalue weighted by molar-refractivity contribution is 0.583. The first-order valence-corrected chi connectivity index (χ1v) is 7.77. The smallest absolute Gasteiger partial charge is 0.260 e. The molecule has 0 unspecified atom stereocenters. The molecule has 0 saturated carbocycles. The van der Waals surface area contributed by atoms with E-state index in [0.717, 1.165) is 16.0 Å². The summed E-state index contributed by atoms with van der Waals surface area (Å²) < 4.78 is 5.39. The summed E-state index contributed by atoms with van der Waals surface area (Å²) >= 11 is 1.46. The molecular weight excluding hydrogens is 296 g/mol. The van der Waals surface area contributed by atoms with Crippen LogP contribution in [0.5, 0.6) is 0 Å². The molecule has 4 nitrogen and oxygen atoms in total. The maximum Gasteiger partial charge on any atom is 0.260 e. The molecule has 0 spiro atoms. The van der Waals surface area contributed by atoms with E-state index in [9.17, 15) is 4.79 Å². The highest BCUT2D eigenvalue weighted by Crippen LogP contribution is 2.30. The van der Waals surface area contributed by atoms with E-state index >= 15 is 0 Å². The minimum Gasteiger partial charge on any atom is -0.464 e. The summed E-state index contributed by atoms with van der Waals surface area (Å²) in [5, 5.41) is 2.51. The Hall–Kier alpha value is -2.66. The van der Waals surface area contributed by atoms with Gasteiger partial charge in [0.15, 0.2) is 0 Å². The number of benzene rings is 1. The minimum absolute atomic E-state index is 0.122. The highest BCUT2D eigenvalue weighted by molar-refractivity contribution is 7.17. The minimum atomic E-state index is -0.122. The number of rotatable bonds is 3. The summed E-state index contributed by atoms with van der Waals surface area (Å²) in [5.74, 6) is 1.37. The van der Waals surface area contributed by atoms with Crippen molar-refractivity contribution < 1.29 is 4.42 Å². The number of aromatic nitrogens is 2. The molecule has 0 fully saturated rings. The van der Waals surface area contributed by atoms with Crippen LogP contribution in [-0.2, 0) is 6.42 Å². The van der Waals surface area contributed by atoms with Crippen LogP contribution in [0, 0.1) is 0 Å². The maximum absolute atomic E-state index is 12.4. The highest BCUT2D eigenvalue weighted by atomic mass is 32.1. The predicted molar refractivity (Wildman–Crippen MR) is 87.2 cm³/mol. The van der Waals surface area contributed by atoms with Gasteiger partial charge in [0.05, 0.1) is 11.6 Å². The Kier molecular flexibility index (Phi) is 3.12. The number of hydrogen-bond donors (Lipinski definition) is 1. The molecule has 0 atom stereocenters. The first-order chi connectivity index (χ1) is 10.8. The van der Waals surface area contributed by atoms with Crippen molar-refractivity contribution in [1.82, 2.24) is 9.97 Å². The van der Waals surface area contributed by atoms with Crippen LogP contribution in [0.2, 0.25) is 0 Å². The number of furan rings is 1. The molecule has 108 valence electrons. The third kappa shape index (κ3) is 2.25. The molecule has 5 heteroatoms.